The normalized spacial score (nSPS) is 14.3. The Bertz CT molecular complexity index is 844. The zero-order valence-corrected chi connectivity index (χ0v) is 22.0. The van der Waals surface area contributed by atoms with Crippen LogP contribution in [0.25, 0.3) is 0 Å². The van der Waals surface area contributed by atoms with Crippen molar-refractivity contribution in [3.05, 3.63) is 59.7 Å². The number of benzene rings is 2. The van der Waals surface area contributed by atoms with Crippen molar-refractivity contribution in [2.45, 2.75) is 19.9 Å². The number of hydrogen-bond donors (Lipinski definition) is 2. The van der Waals surface area contributed by atoms with Gasteiger partial charge in [0.1, 0.15) is 18.1 Å². The van der Waals surface area contributed by atoms with E-state index >= 15 is 0 Å². The van der Waals surface area contributed by atoms with Crippen LogP contribution in [-0.2, 0) is 17.7 Å². The van der Waals surface area contributed by atoms with E-state index in [9.17, 15) is 0 Å². The zero-order valence-electron chi connectivity index (χ0n) is 19.7. The molecule has 0 aliphatic carbocycles. The lowest BCUT2D eigenvalue weighted by atomic mass is 10.1. The average Bonchev–Trinajstić information content (AvgIpc) is 2.84. The van der Waals surface area contributed by atoms with E-state index in [0.29, 0.717) is 13.2 Å². The molecule has 182 valence electrons. The SMILES string of the molecule is CCNC(=NCc1ccccc1OCCN1CCOCC1)NCCc1ccccc1OC.I. The lowest BCUT2D eigenvalue weighted by molar-refractivity contribution is 0.0322. The Morgan fingerprint density at radius 3 is 2.42 bits per heavy atom. The van der Waals surface area contributed by atoms with E-state index < -0.39 is 0 Å². The lowest BCUT2D eigenvalue weighted by Gasteiger charge is -2.26. The monoisotopic (exact) mass is 568 g/mol. The molecule has 2 N–H and O–H groups in total. The summed E-state index contributed by atoms with van der Waals surface area (Å²) in [6.07, 6.45) is 0.857. The summed E-state index contributed by atoms with van der Waals surface area (Å²) in [4.78, 5) is 7.15. The van der Waals surface area contributed by atoms with Crippen LogP contribution in [0.1, 0.15) is 18.1 Å². The molecular weight excluding hydrogens is 531 g/mol. The molecule has 8 heteroatoms. The number of nitrogens with zero attached hydrogens (tertiary/aromatic N) is 2. The zero-order chi connectivity index (χ0) is 22.4. The summed E-state index contributed by atoms with van der Waals surface area (Å²) in [5.74, 6) is 2.61. The minimum Gasteiger partial charge on any atom is -0.496 e. The van der Waals surface area contributed by atoms with E-state index in [1.807, 2.05) is 36.4 Å². The maximum absolute atomic E-state index is 6.09. The first-order valence-corrected chi connectivity index (χ1v) is 11.4. The Morgan fingerprint density at radius 1 is 1.00 bits per heavy atom. The maximum atomic E-state index is 6.09. The van der Waals surface area contributed by atoms with Gasteiger partial charge in [0.25, 0.3) is 0 Å². The fraction of sp³-hybridized carbons (Fsp3) is 0.480. The lowest BCUT2D eigenvalue weighted by Crippen LogP contribution is -2.38. The molecule has 33 heavy (non-hydrogen) atoms. The van der Waals surface area contributed by atoms with Crippen molar-refractivity contribution in [3.63, 3.8) is 0 Å². The van der Waals surface area contributed by atoms with Crippen molar-refractivity contribution in [1.82, 2.24) is 15.5 Å². The number of hydrogen-bond acceptors (Lipinski definition) is 5. The molecule has 0 atom stereocenters. The van der Waals surface area contributed by atoms with Crippen LogP contribution < -0.4 is 20.1 Å². The number of para-hydroxylation sites is 2. The summed E-state index contributed by atoms with van der Waals surface area (Å²) >= 11 is 0. The van der Waals surface area contributed by atoms with Crippen molar-refractivity contribution in [2.75, 3.05) is 59.7 Å². The van der Waals surface area contributed by atoms with Gasteiger partial charge in [-0.25, -0.2) is 4.99 Å². The van der Waals surface area contributed by atoms with Crippen LogP contribution in [0.3, 0.4) is 0 Å². The van der Waals surface area contributed by atoms with Gasteiger partial charge in [0.2, 0.25) is 0 Å². The van der Waals surface area contributed by atoms with Gasteiger partial charge in [0, 0.05) is 38.3 Å². The number of morpholine rings is 1. The van der Waals surface area contributed by atoms with Crippen molar-refractivity contribution < 1.29 is 14.2 Å². The number of nitrogens with one attached hydrogen (secondary N) is 2. The fourth-order valence-corrected chi connectivity index (χ4v) is 3.62. The third-order valence-corrected chi connectivity index (χ3v) is 5.37. The van der Waals surface area contributed by atoms with Crippen LogP contribution in [0.5, 0.6) is 11.5 Å². The maximum Gasteiger partial charge on any atom is 0.191 e. The van der Waals surface area contributed by atoms with Crippen molar-refractivity contribution in [1.29, 1.82) is 0 Å². The van der Waals surface area contributed by atoms with Crippen LogP contribution in [0, 0.1) is 0 Å². The first-order chi connectivity index (χ1) is 15.8. The standard InChI is InChI=1S/C25H36N4O3.HI/c1-3-26-25(27-13-12-21-8-4-6-10-23(21)30-2)28-20-22-9-5-7-11-24(22)32-19-16-29-14-17-31-18-15-29;/h4-11H,3,12-20H2,1-2H3,(H2,26,27,28);1H. The molecule has 3 rings (SSSR count). The molecule has 0 bridgehead atoms. The summed E-state index contributed by atoms with van der Waals surface area (Å²) in [6, 6.07) is 16.2. The van der Waals surface area contributed by atoms with Crippen LogP contribution in [-0.4, -0.2) is 70.5 Å². The van der Waals surface area contributed by atoms with Crippen molar-refractivity contribution in [3.8, 4) is 11.5 Å². The van der Waals surface area contributed by atoms with E-state index in [1.165, 1.54) is 5.56 Å². The fourth-order valence-electron chi connectivity index (χ4n) is 3.62. The van der Waals surface area contributed by atoms with Gasteiger partial charge in [-0.05, 0) is 31.0 Å². The van der Waals surface area contributed by atoms with E-state index in [4.69, 9.17) is 19.2 Å². The summed E-state index contributed by atoms with van der Waals surface area (Å²) in [5.41, 5.74) is 2.26. The van der Waals surface area contributed by atoms with Crippen molar-refractivity contribution >= 4 is 29.9 Å². The van der Waals surface area contributed by atoms with E-state index in [0.717, 1.165) is 75.4 Å². The Balaban J connectivity index is 0.00000385. The molecule has 0 unspecified atom stereocenters. The molecule has 0 spiro atoms. The molecule has 0 saturated carbocycles. The Hall–Kier alpha value is -2.04. The van der Waals surface area contributed by atoms with Gasteiger partial charge in [0.05, 0.1) is 26.9 Å². The smallest absolute Gasteiger partial charge is 0.191 e. The summed E-state index contributed by atoms with van der Waals surface area (Å²) < 4.78 is 16.9. The highest BCUT2D eigenvalue weighted by Gasteiger charge is 2.11. The van der Waals surface area contributed by atoms with Crippen LogP contribution in [0.2, 0.25) is 0 Å². The van der Waals surface area contributed by atoms with Crippen LogP contribution in [0.4, 0.5) is 0 Å². The van der Waals surface area contributed by atoms with Crippen molar-refractivity contribution in [2.24, 2.45) is 4.99 Å². The molecular formula is C25H37IN4O3. The highest BCUT2D eigenvalue weighted by Crippen LogP contribution is 2.19. The number of aliphatic imine (C=N–C) groups is 1. The predicted molar refractivity (Wildman–Crippen MR) is 144 cm³/mol. The minimum atomic E-state index is 0. The summed E-state index contributed by atoms with van der Waals surface area (Å²) in [7, 11) is 1.71. The highest BCUT2D eigenvalue weighted by atomic mass is 127. The molecule has 1 saturated heterocycles. The average molecular weight is 569 g/mol. The van der Waals surface area contributed by atoms with E-state index in [-0.39, 0.29) is 24.0 Å². The largest absolute Gasteiger partial charge is 0.496 e. The van der Waals surface area contributed by atoms with E-state index in [1.54, 1.807) is 7.11 Å². The molecule has 2 aromatic rings. The second-order valence-corrected chi connectivity index (χ2v) is 7.59. The topological polar surface area (TPSA) is 67.4 Å². The molecule has 1 heterocycles. The van der Waals surface area contributed by atoms with E-state index in [2.05, 4.69) is 34.6 Å². The van der Waals surface area contributed by atoms with Gasteiger partial charge in [-0.1, -0.05) is 36.4 Å². The Kier molecular flexibility index (Phi) is 13.0. The molecule has 1 aliphatic heterocycles. The summed E-state index contributed by atoms with van der Waals surface area (Å²) in [6.45, 7) is 9.33. The van der Waals surface area contributed by atoms with Crippen LogP contribution in [0.15, 0.2) is 53.5 Å². The Morgan fingerprint density at radius 2 is 1.70 bits per heavy atom. The quantitative estimate of drug-likeness (QED) is 0.247. The first kappa shape index (κ1) is 27.2. The molecule has 0 amide bonds. The molecule has 0 aromatic heterocycles. The predicted octanol–water partition coefficient (Wildman–Crippen LogP) is 3.32. The van der Waals surface area contributed by atoms with Gasteiger partial charge < -0.3 is 24.8 Å². The van der Waals surface area contributed by atoms with Gasteiger partial charge in [0.15, 0.2) is 5.96 Å². The third kappa shape index (κ3) is 9.38. The van der Waals surface area contributed by atoms with Gasteiger partial charge >= 0.3 is 0 Å². The first-order valence-electron chi connectivity index (χ1n) is 11.4. The molecule has 1 fully saturated rings. The number of guanidine groups is 1. The molecule has 0 radical (unpaired) electrons. The number of methoxy groups -OCH3 is 1. The minimum absolute atomic E-state index is 0. The van der Waals surface area contributed by atoms with Gasteiger partial charge in [-0.3, -0.25) is 4.90 Å². The molecule has 1 aliphatic rings. The van der Waals surface area contributed by atoms with Gasteiger partial charge in [-0.15, -0.1) is 24.0 Å². The molecule has 2 aromatic carbocycles. The number of ether oxygens (including phenoxy) is 3. The highest BCUT2D eigenvalue weighted by molar-refractivity contribution is 14.0. The molecule has 7 nitrogen and oxygen atoms in total. The third-order valence-electron chi connectivity index (χ3n) is 5.37. The van der Waals surface area contributed by atoms with Gasteiger partial charge in [-0.2, -0.15) is 0 Å². The number of halogens is 1. The number of rotatable bonds is 11. The van der Waals surface area contributed by atoms with Crippen LogP contribution >= 0.6 is 24.0 Å². The second-order valence-electron chi connectivity index (χ2n) is 7.59. The summed E-state index contributed by atoms with van der Waals surface area (Å²) in [5, 5.41) is 6.74. The second kappa shape index (κ2) is 15.7. The Labute approximate surface area is 214 Å².